The summed E-state index contributed by atoms with van der Waals surface area (Å²) in [5.41, 5.74) is 0. The second-order valence-corrected chi connectivity index (χ2v) is 5.41. The number of rotatable bonds is 4. The van der Waals surface area contributed by atoms with Gasteiger partial charge in [-0.1, -0.05) is 13.8 Å². The molecule has 0 aromatic rings. The molecule has 0 spiro atoms. The second-order valence-electron chi connectivity index (χ2n) is 5.41. The van der Waals surface area contributed by atoms with Gasteiger partial charge in [-0.3, -0.25) is 4.79 Å². The van der Waals surface area contributed by atoms with Crippen molar-refractivity contribution in [2.24, 2.45) is 11.8 Å². The normalized spacial score (nSPS) is 21.3. The molecule has 0 bridgehead atoms. The minimum atomic E-state index is 0.464. The molecule has 0 aromatic heterocycles. The Balaban J connectivity index is 2.31. The summed E-state index contributed by atoms with van der Waals surface area (Å²) in [5.74, 6) is 1.92. The molecule has 0 N–H and O–H groups in total. The number of carbonyl (C=O) groups is 1. The number of ketones is 1. The van der Waals surface area contributed by atoms with Gasteiger partial charge in [0.05, 0.1) is 0 Å². The first-order valence-corrected chi connectivity index (χ1v) is 6.22. The molecule has 1 fully saturated rings. The van der Waals surface area contributed by atoms with Gasteiger partial charge in [0.25, 0.3) is 0 Å². The zero-order chi connectivity index (χ0) is 11.4. The zero-order valence-electron chi connectivity index (χ0n) is 10.6. The third-order valence-corrected chi connectivity index (χ3v) is 3.87. The fraction of sp³-hybridized carbons (Fsp3) is 0.923. The van der Waals surface area contributed by atoms with E-state index in [-0.39, 0.29) is 0 Å². The molecule has 1 aliphatic carbocycles. The lowest BCUT2D eigenvalue weighted by Crippen LogP contribution is -2.37. The van der Waals surface area contributed by atoms with Gasteiger partial charge in [0, 0.05) is 25.4 Å². The molecule has 1 atom stereocenters. The third-order valence-electron chi connectivity index (χ3n) is 3.87. The van der Waals surface area contributed by atoms with Gasteiger partial charge in [0.15, 0.2) is 0 Å². The van der Waals surface area contributed by atoms with E-state index in [2.05, 4.69) is 32.7 Å². The third kappa shape index (κ3) is 3.94. The summed E-state index contributed by atoms with van der Waals surface area (Å²) in [7, 11) is 2.21. The van der Waals surface area contributed by atoms with E-state index in [4.69, 9.17) is 0 Å². The van der Waals surface area contributed by atoms with Gasteiger partial charge < -0.3 is 4.90 Å². The average Bonchev–Trinajstić information content (AvgIpc) is 2.20. The van der Waals surface area contributed by atoms with Crippen LogP contribution in [0.1, 0.15) is 46.5 Å². The molecule has 88 valence electrons. The molecular formula is C13H25NO. The van der Waals surface area contributed by atoms with Crippen LogP contribution in [0.15, 0.2) is 0 Å². The number of carbonyl (C=O) groups excluding carboxylic acids is 1. The number of nitrogens with zero attached hydrogens (tertiary/aromatic N) is 1. The van der Waals surface area contributed by atoms with Crippen LogP contribution in [0.5, 0.6) is 0 Å². The fourth-order valence-electron chi connectivity index (χ4n) is 2.26. The molecule has 0 heterocycles. The summed E-state index contributed by atoms with van der Waals surface area (Å²) in [4.78, 5) is 13.6. The van der Waals surface area contributed by atoms with Crippen LogP contribution in [0.2, 0.25) is 0 Å². The highest BCUT2D eigenvalue weighted by molar-refractivity contribution is 5.79. The summed E-state index contributed by atoms with van der Waals surface area (Å²) in [5, 5.41) is 0. The van der Waals surface area contributed by atoms with E-state index < -0.39 is 0 Å². The number of hydrogen-bond donors (Lipinski definition) is 0. The Morgan fingerprint density at radius 3 is 2.27 bits per heavy atom. The van der Waals surface area contributed by atoms with Gasteiger partial charge in [-0.15, -0.1) is 0 Å². The van der Waals surface area contributed by atoms with E-state index in [1.807, 2.05) is 0 Å². The largest absolute Gasteiger partial charge is 0.303 e. The van der Waals surface area contributed by atoms with Crippen molar-refractivity contribution in [1.29, 1.82) is 0 Å². The van der Waals surface area contributed by atoms with Crippen molar-refractivity contribution < 1.29 is 4.79 Å². The molecule has 15 heavy (non-hydrogen) atoms. The standard InChI is InChI=1S/C13H25NO/c1-10(2)11(3)14(4)9-12-5-7-13(15)8-6-12/h10-12H,5-9H2,1-4H3. The van der Waals surface area contributed by atoms with Gasteiger partial charge in [0.1, 0.15) is 5.78 Å². The van der Waals surface area contributed by atoms with Crippen LogP contribution in [0, 0.1) is 11.8 Å². The van der Waals surface area contributed by atoms with Crippen LogP contribution in [0.3, 0.4) is 0 Å². The molecule has 2 heteroatoms. The highest BCUT2D eigenvalue weighted by atomic mass is 16.1. The van der Waals surface area contributed by atoms with E-state index in [1.54, 1.807) is 0 Å². The Bertz CT molecular complexity index is 203. The summed E-state index contributed by atoms with van der Waals surface area (Å²) >= 11 is 0. The average molecular weight is 211 g/mol. The van der Waals surface area contributed by atoms with Crippen LogP contribution in [0.25, 0.3) is 0 Å². The molecule has 0 aliphatic heterocycles. The summed E-state index contributed by atoms with van der Waals surface area (Å²) in [6.07, 6.45) is 3.84. The molecule has 1 saturated carbocycles. The molecule has 2 nitrogen and oxygen atoms in total. The van der Waals surface area contributed by atoms with Crippen LogP contribution < -0.4 is 0 Å². The highest BCUT2D eigenvalue weighted by Gasteiger charge is 2.22. The van der Waals surface area contributed by atoms with Crippen molar-refractivity contribution in [3.05, 3.63) is 0 Å². The molecule has 1 unspecified atom stereocenters. The Labute approximate surface area is 94.0 Å². The summed E-state index contributed by atoms with van der Waals surface area (Å²) < 4.78 is 0. The first-order valence-electron chi connectivity index (χ1n) is 6.22. The Hall–Kier alpha value is -0.370. The lowest BCUT2D eigenvalue weighted by molar-refractivity contribution is -0.121. The van der Waals surface area contributed by atoms with E-state index in [9.17, 15) is 4.79 Å². The molecule has 0 radical (unpaired) electrons. The minimum Gasteiger partial charge on any atom is -0.303 e. The van der Waals surface area contributed by atoms with Crippen LogP contribution in [0.4, 0.5) is 0 Å². The molecular weight excluding hydrogens is 186 g/mol. The first-order chi connectivity index (χ1) is 7.00. The second kappa shape index (κ2) is 5.64. The van der Waals surface area contributed by atoms with Crippen molar-refractivity contribution in [2.45, 2.75) is 52.5 Å². The summed E-state index contributed by atoms with van der Waals surface area (Å²) in [6, 6.07) is 0.641. The van der Waals surface area contributed by atoms with E-state index in [0.717, 1.165) is 38.1 Å². The van der Waals surface area contributed by atoms with Crippen molar-refractivity contribution in [1.82, 2.24) is 4.90 Å². The SMILES string of the molecule is CC(C)C(C)N(C)CC1CCC(=O)CC1. The predicted molar refractivity (Wildman–Crippen MR) is 63.9 cm³/mol. The minimum absolute atomic E-state index is 0.464. The molecule has 1 aliphatic rings. The van der Waals surface area contributed by atoms with Gasteiger partial charge in [-0.05, 0) is 38.6 Å². The van der Waals surface area contributed by atoms with Crippen molar-refractivity contribution >= 4 is 5.78 Å². The maximum atomic E-state index is 11.1. The van der Waals surface area contributed by atoms with Crippen molar-refractivity contribution in [3.8, 4) is 0 Å². The smallest absolute Gasteiger partial charge is 0.132 e. The number of Topliss-reactive ketones (excluding diaryl/α,β-unsaturated/α-hetero) is 1. The van der Waals surface area contributed by atoms with Gasteiger partial charge in [-0.25, -0.2) is 0 Å². The Morgan fingerprint density at radius 1 is 1.27 bits per heavy atom. The quantitative estimate of drug-likeness (QED) is 0.712. The lowest BCUT2D eigenvalue weighted by Gasteiger charge is -2.32. The fourth-order valence-corrected chi connectivity index (χ4v) is 2.26. The van der Waals surface area contributed by atoms with Crippen LogP contribution in [-0.2, 0) is 4.79 Å². The van der Waals surface area contributed by atoms with Crippen LogP contribution >= 0.6 is 0 Å². The lowest BCUT2D eigenvalue weighted by atomic mass is 9.87. The topological polar surface area (TPSA) is 20.3 Å². The Kier molecular flexibility index (Phi) is 4.78. The number of hydrogen-bond acceptors (Lipinski definition) is 2. The monoisotopic (exact) mass is 211 g/mol. The maximum absolute atomic E-state index is 11.1. The van der Waals surface area contributed by atoms with E-state index in [1.165, 1.54) is 0 Å². The zero-order valence-corrected chi connectivity index (χ0v) is 10.6. The summed E-state index contributed by atoms with van der Waals surface area (Å²) in [6.45, 7) is 7.99. The van der Waals surface area contributed by atoms with Crippen molar-refractivity contribution in [2.75, 3.05) is 13.6 Å². The molecule has 0 amide bonds. The predicted octanol–water partition coefficient (Wildman–Crippen LogP) is 2.72. The van der Waals surface area contributed by atoms with E-state index >= 15 is 0 Å². The molecule has 0 saturated heterocycles. The maximum Gasteiger partial charge on any atom is 0.132 e. The van der Waals surface area contributed by atoms with Crippen LogP contribution in [-0.4, -0.2) is 30.3 Å². The van der Waals surface area contributed by atoms with Gasteiger partial charge >= 0.3 is 0 Å². The van der Waals surface area contributed by atoms with Crippen molar-refractivity contribution in [3.63, 3.8) is 0 Å². The van der Waals surface area contributed by atoms with E-state index in [0.29, 0.717) is 17.7 Å². The molecule has 0 aromatic carbocycles. The molecule has 1 rings (SSSR count). The highest BCUT2D eigenvalue weighted by Crippen LogP contribution is 2.23. The van der Waals surface area contributed by atoms with Gasteiger partial charge in [-0.2, -0.15) is 0 Å². The van der Waals surface area contributed by atoms with Gasteiger partial charge in [0.2, 0.25) is 0 Å². The Morgan fingerprint density at radius 2 is 1.80 bits per heavy atom. The first kappa shape index (κ1) is 12.7.